The number of nitrogens with zero attached hydrogens (tertiary/aromatic N) is 3. The average molecular weight is 339 g/mol. The molecule has 0 spiro atoms. The normalized spacial score (nSPS) is 14.7. The molecule has 0 unspecified atom stereocenters. The third kappa shape index (κ3) is 4.29. The number of aromatic nitrogens is 1. The van der Waals surface area contributed by atoms with E-state index in [1.807, 2.05) is 43.5 Å². The summed E-state index contributed by atoms with van der Waals surface area (Å²) in [5.41, 5.74) is 2.38. The topological polar surface area (TPSA) is 45.7 Å². The second-order valence-electron chi connectivity index (χ2n) is 6.76. The van der Waals surface area contributed by atoms with E-state index in [9.17, 15) is 4.79 Å². The van der Waals surface area contributed by atoms with Crippen LogP contribution in [0.15, 0.2) is 42.6 Å². The van der Waals surface area contributed by atoms with E-state index in [4.69, 9.17) is 4.74 Å². The van der Waals surface area contributed by atoms with Crippen molar-refractivity contribution in [3.63, 3.8) is 0 Å². The van der Waals surface area contributed by atoms with Gasteiger partial charge in [0.05, 0.1) is 0 Å². The second-order valence-corrected chi connectivity index (χ2v) is 6.76. The van der Waals surface area contributed by atoms with Gasteiger partial charge in [0.1, 0.15) is 11.6 Å². The number of hydrogen-bond donors (Lipinski definition) is 0. The van der Waals surface area contributed by atoms with Gasteiger partial charge >= 0.3 is 6.09 Å². The first-order valence-corrected chi connectivity index (χ1v) is 8.77. The summed E-state index contributed by atoms with van der Waals surface area (Å²) >= 11 is 0. The van der Waals surface area contributed by atoms with Gasteiger partial charge in [0.2, 0.25) is 0 Å². The van der Waals surface area contributed by atoms with Gasteiger partial charge in [-0.15, -0.1) is 0 Å². The average Bonchev–Trinajstić information content (AvgIpc) is 2.63. The molecule has 1 aliphatic rings. The van der Waals surface area contributed by atoms with Crippen LogP contribution in [0.25, 0.3) is 0 Å². The summed E-state index contributed by atoms with van der Waals surface area (Å²) in [5, 5.41) is 0. The van der Waals surface area contributed by atoms with Gasteiger partial charge in [-0.25, -0.2) is 9.78 Å². The molecule has 2 heterocycles. The minimum atomic E-state index is -0.284. The molecule has 3 rings (SSSR count). The number of amides is 1. The van der Waals surface area contributed by atoms with Gasteiger partial charge in [-0.2, -0.15) is 0 Å². The maximum atomic E-state index is 12.3. The van der Waals surface area contributed by atoms with Crippen LogP contribution in [0.5, 0.6) is 5.75 Å². The highest BCUT2D eigenvalue weighted by Gasteiger charge is 2.23. The standard InChI is InChI=1S/C20H25N3O2/c1-15(2)17-5-7-18(8-6-17)25-20(24)23-12-10-22(11-13-23)19-9-4-16(3)14-21-19/h4-9,14-15H,10-13H2,1-3H3. The van der Waals surface area contributed by atoms with Crippen LogP contribution in [0.2, 0.25) is 0 Å². The molecule has 1 saturated heterocycles. The zero-order chi connectivity index (χ0) is 17.8. The van der Waals surface area contributed by atoms with E-state index in [1.165, 1.54) is 5.56 Å². The van der Waals surface area contributed by atoms with Gasteiger partial charge in [0.15, 0.2) is 0 Å². The predicted octanol–water partition coefficient (Wildman–Crippen LogP) is 3.83. The molecule has 0 radical (unpaired) electrons. The number of hydrogen-bond acceptors (Lipinski definition) is 4. The minimum Gasteiger partial charge on any atom is -0.410 e. The van der Waals surface area contributed by atoms with Crippen molar-refractivity contribution in [1.29, 1.82) is 0 Å². The highest BCUT2D eigenvalue weighted by Crippen LogP contribution is 2.20. The van der Waals surface area contributed by atoms with Crippen LogP contribution in [-0.2, 0) is 0 Å². The Bertz CT molecular complexity index is 703. The van der Waals surface area contributed by atoms with Gasteiger partial charge in [-0.3, -0.25) is 0 Å². The van der Waals surface area contributed by atoms with Gasteiger partial charge in [-0.05, 0) is 42.2 Å². The predicted molar refractivity (Wildman–Crippen MR) is 99.3 cm³/mol. The monoisotopic (exact) mass is 339 g/mol. The number of benzene rings is 1. The molecule has 1 aromatic heterocycles. The summed E-state index contributed by atoms with van der Waals surface area (Å²) in [6.07, 6.45) is 1.59. The van der Waals surface area contributed by atoms with Crippen LogP contribution >= 0.6 is 0 Å². The molecule has 1 fully saturated rings. The zero-order valence-corrected chi connectivity index (χ0v) is 15.1. The summed E-state index contributed by atoms with van der Waals surface area (Å²) < 4.78 is 5.50. The largest absolute Gasteiger partial charge is 0.415 e. The van der Waals surface area contributed by atoms with Gasteiger partial charge < -0.3 is 14.5 Å². The maximum absolute atomic E-state index is 12.3. The second kappa shape index (κ2) is 7.55. The smallest absolute Gasteiger partial charge is 0.410 e. The molecule has 0 bridgehead atoms. The van der Waals surface area contributed by atoms with E-state index < -0.39 is 0 Å². The number of ether oxygens (including phenoxy) is 1. The van der Waals surface area contributed by atoms with Crippen molar-refractivity contribution in [3.05, 3.63) is 53.7 Å². The van der Waals surface area contributed by atoms with Crippen LogP contribution < -0.4 is 9.64 Å². The van der Waals surface area contributed by atoms with E-state index in [0.717, 1.165) is 24.5 Å². The van der Waals surface area contributed by atoms with Crippen LogP contribution in [-0.4, -0.2) is 42.2 Å². The molecule has 1 aliphatic heterocycles. The van der Waals surface area contributed by atoms with Crippen molar-refractivity contribution in [3.8, 4) is 5.75 Å². The lowest BCUT2D eigenvalue weighted by molar-refractivity contribution is 0.149. The Kier molecular flexibility index (Phi) is 5.22. The molecule has 132 valence electrons. The van der Waals surface area contributed by atoms with Crippen molar-refractivity contribution in [1.82, 2.24) is 9.88 Å². The third-order valence-electron chi connectivity index (χ3n) is 4.51. The fourth-order valence-corrected chi connectivity index (χ4v) is 2.85. The first-order chi connectivity index (χ1) is 12.0. The Morgan fingerprint density at radius 1 is 1.04 bits per heavy atom. The number of rotatable bonds is 3. The molecule has 0 aliphatic carbocycles. The zero-order valence-electron chi connectivity index (χ0n) is 15.1. The number of aryl methyl sites for hydroxylation is 1. The Morgan fingerprint density at radius 2 is 1.72 bits per heavy atom. The molecular formula is C20H25N3O2. The number of piperazine rings is 1. The molecule has 5 heteroatoms. The molecule has 1 amide bonds. The quantitative estimate of drug-likeness (QED) is 0.852. The number of carbonyl (C=O) groups excluding carboxylic acids is 1. The van der Waals surface area contributed by atoms with Crippen molar-refractivity contribution in [2.24, 2.45) is 0 Å². The fourth-order valence-electron chi connectivity index (χ4n) is 2.85. The van der Waals surface area contributed by atoms with Crippen LogP contribution in [0.3, 0.4) is 0 Å². The number of pyridine rings is 1. The van der Waals surface area contributed by atoms with E-state index in [2.05, 4.69) is 29.8 Å². The van der Waals surface area contributed by atoms with Crippen LogP contribution in [0.1, 0.15) is 30.9 Å². The van der Waals surface area contributed by atoms with Crippen molar-refractivity contribution < 1.29 is 9.53 Å². The van der Waals surface area contributed by atoms with E-state index >= 15 is 0 Å². The fraction of sp³-hybridized carbons (Fsp3) is 0.400. The van der Waals surface area contributed by atoms with E-state index in [1.54, 1.807) is 4.90 Å². The van der Waals surface area contributed by atoms with E-state index in [0.29, 0.717) is 24.8 Å². The number of carbonyl (C=O) groups is 1. The highest BCUT2D eigenvalue weighted by molar-refractivity contribution is 5.71. The minimum absolute atomic E-state index is 0.284. The lowest BCUT2D eigenvalue weighted by Crippen LogP contribution is -2.49. The lowest BCUT2D eigenvalue weighted by atomic mass is 10.0. The molecule has 0 N–H and O–H groups in total. The summed E-state index contributed by atoms with van der Waals surface area (Å²) in [4.78, 5) is 20.7. The third-order valence-corrected chi connectivity index (χ3v) is 4.51. The Morgan fingerprint density at radius 3 is 2.28 bits per heavy atom. The first-order valence-electron chi connectivity index (χ1n) is 8.77. The molecule has 0 saturated carbocycles. The Balaban J connectivity index is 1.53. The first kappa shape index (κ1) is 17.3. The van der Waals surface area contributed by atoms with Crippen molar-refractivity contribution in [2.75, 3.05) is 31.1 Å². The molecule has 25 heavy (non-hydrogen) atoms. The van der Waals surface area contributed by atoms with Gasteiger partial charge in [0, 0.05) is 32.4 Å². The van der Waals surface area contributed by atoms with Crippen molar-refractivity contribution >= 4 is 11.9 Å². The molecular weight excluding hydrogens is 314 g/mol. The number of anilines is 1. The van der Waals surface area contributed by atoms with E-state index in [-0.39, 0.29) is 6.09 Å². The van der Waals surface area contributed by atoms with Crippen molar-refractivity contribution in [2.45, 2.75) is 26.7 Å². The summed E-state index contributed by atoms with van der Waals surface area (Å²) in [6, 6.07) is 11.8. The van der Waals surface area contributed by atoms with Gasteiger partial charge in [-0.1, -0.05) is 32.0 Å². The molecule has 0 atom stereocenters. The maximum Gasteiger partial charge on any atom is 0.415 e. The van der Waals surface area contributed by atoms with Crippen LogP contribution in [0.4, 0.5) is 10.6 Å². The summed E-state index contributed by atoms with van der Waals surface area (Å²) in [5.74, 6) is 2.02. The molecule has 2 aromatic rings. The molecule has 5 nitrogen and oxygen atoms in total. The highest BCUT2D eigenvalue weighted by atomic mass is 16.6. The Labute approximate surface area is 149 Å². The van der Waals surface area contributed by atoms with Gasteiger partial charge in [0.25, 0.3) is 0 Å². The van der Waals surface area contributed by atoms with Crippen LogP contribution in [0, 0.1) is 6.92 Å². The summed E-state index contributed by atoms with van der Waals surface area (Å²) in [7, 11) is 0. The summed E-state index contributed by atoms with van der Waals surface area (Å²) in [6.45, 7) is 9.11. The SMILES string of the molecule is Cc1ccc(N2CCN(C(=O)Oc3ccc(C(C)C)cc3)CC2)nc1. The lowest BCUT2D eigenvalue weighted by Gasteiger charge is -2.34. The molecule has 1 aromatic carbocycles. The Hall–Kier alpha value is -2.56.